The Morgan fingerprint density at radius 1 is 1.00 bits per heavy atom. The lowest BCUT2D eigenvalue weighted by molar-refractivity contribution is -0.135. The van der Waals surface area contributed by atoms with Crippen molar-refractivity contribution in [3.8, 4) is 23.1 Å². The Balaban J connectivity index is 1.34. The fourth-order valence-corrected chi connectivity index (χ4v) is 3.60. The van der Waals surface area contributed by atoms with Gasteiger partial charge in [0.05, 0.1) is 7.11 Å². The van der Waals surface area contributed by atoms with Gasteiger partial charge in [0.15, 0.2) is 6.61 Å². The first-order valence-corrected chi connectivity index (χ1v) is 10.5. The first-order valence-electron chi connectivity index (χ1n) is 10.5. The Morgan fingerprint density at radius 3 is 2.47 bits per heavy atom. The molecule has 1 aliphatic heterocycles. The van der Waals surface area contributed by atoms with Crippen LogP contribution in [0, 0.1) is 0 Å². The van der Waals surface area contributed by atoms with E-state index in [0.717, 1.165) is 11.6 Å². The van der Waals surface area contributed by atoms with Crippen molar-refractivity contribution in [2.24, 2.45) is 0 Å². The van der Waals surface area contributed by atoms with E-state index < -0.39 is 0 Å². The summed E-state index contributed by atoms with van der Waals surface area (Å²) in [7, 11) is 1.62. The molecule has 0 aliphatic carbocycles. The molecule has 0 bridgehead atoms. The van der Waals surface area contributed by atoms with Crippen LogP contribution in [-0.2, 0) is 4.79 Å². The van der Waals surface area contributed by atoms with Gasteiger partial charge in [0, 0.05) is 31.7 Å². The molecular weight excluding hydrogens is 408 g/mol. The number of methoxy groups -OCH3 is 1. The number of amides is 1. The van der Waals surface area contributed by atoms with Crippen LogP contribution < -0.4 is 19.1 Å². The lowest BCUT2D eigenvalue weighted by Crippen LogP contribution is -2.55. The summed E-state index contributed by atoms with van der Waals surface area (Å²) in [6.45, 7) is 3.98. The topological polar surface area (TPSA) is 77.0 Å². The smallest absolute Gasteiger partial charge is 0.260 e. The highest BCUT2D eigenvalue weighted by Gasteiger charge is 2.28. The van der Waals surface area contributed by atoms with Crippen LogP contribution in [0.3, 0.4) is 0 Å². The second-order valence-corrected chi connectivity index (χ2v) is 7.48. The maximum absolute atomic E-state index is 12.7. The number of carbonyl (C=O) groups excluding carboxylic acids is 1. The molecule has 0 spiro atoms. The van der Waals surface area contributed by atoms with Gasteiger partial charge in [0.1, 0.15) is 29.4 Å². The molecule has 0 radical (unpaired) electrons. The molecule has 4 rings (SSSR count). The van der Waals surface area contributed by atoms with Gasteiger partial charge in [-0.3, -0.25) is 4.79 Å². The summed E-state index contributed by atoms with van der Waals surface area (Å²) >= 11 is 0. The molecule has 1 aromatic heterocycles. The van der Waals surface area contributed by atoms with E-state index in [2.05, 4.69) is 14.9 Å². The van der Waals surface area contributed by atoms with Crippen molar-refractivity contribution in [1.29, 1.82) is 0 Å². The van der Waals surface area contributed by atoms with Crippen LogP contribution >= 0.6 is 0 Å². The van der Waals surface area contributed by atoms with Crippen LogP contribution in [-0.4, -0.2) is 60.2 Å². The van der Waals surface area contributed by atoms with Gasteiger partial charge in [0.2, 0.25) is 5.88 Å². The van der Waals surface area contributed by atoms with Crippen LogP contribution in [0.25, 0.3) is 0 Å². The third-order valence-electron chi connectivity index (χ3n) is 5.29. The lowest BCUT2D eigenvalue weighted by atomic mass is 10.2. The molecule has 0 unspecified atom stereocenters. The molecule has 1 amide bonds. The number of rotatable bonds is 7. The zero-order valence-electron chi connectivity index (χ0n) is 18.2. The number of hydrogen-bond acceptors (Lipinski definition) is 7. The number of nitrogens with zero attached hydrogens (tertiary/aromatic N) is 4. The number of carbonyl (C=O) groups is 1. The predicted molar refractivity (Wildman–Crippen MR) is 120 cm³/mol. The summed E-state index contributed by atoms with van der Waals surface area (Å²) in [5.74, 6) is 3.32. The van der Waals surface area contributed by atoms with E-state index in [-0.39, 0.29) is 18.6 Å². The predicted octanol–water partition coefficient (Wildman–Crippen LogP) is 3.39. The van der Waals surface area contributed by atoms with Gasteiger partial charge in [-0.2, -0.15) is 0 Å². The first kappa shape index (κ1) is 21.4. The van der Waals surface area contributed by atoms with Gasteiger partial charge in [-0.05, 0) is 43.3 Å². The molecule has 32 heavy (non-hydrogen) atoms. The van der Waals surface area contributed by atoms with Crippen molar-refractivity contribution >= 4 is 11.7 Å². The highest BCUT2D eigenvalue weighted by atomic mass is 16.5. The van der Waals surface area contributed by atoms with E-state index in [9.17, 15) is 4.79 Å². The van der Waals surface area contributed by atoms with Crippen molar-refractivity contribution < 1.29 is 19.0 Å². The fourth-order valence-electron chi connectivity index (χ4n) is 3.60. The first-order chi connectivity index (χ1) is 15.6. The molecule has 1 aliphatic rings. The minimum absolute atomic E-state index is 0.0211. The third-order valence-corrected chi connectivity index (χ3v) is 5.29. The van der Waals surface area contributed by atoms with Crippen molar-refractivity contribution in [2.45, 2.75) is 13.0 Å². The second kappa shape index (κ2) is 10.00. The zero-order chi connectivity index (χ0) is 22.3. The molecule has 166 valence electrons. The summed E-state index contributed by atoms with van der Waals surface area (Å²) < 4.78 is 16.6. The molecule has 1 atom stereocenters. The van der Waals surface area contributed by atoms with Crippen LogP contribution in [0.15, 0.2) is 67.0 Å². The van der Waals surface area contributed by atoms with Crippen LogP contribution in [0.4, 0.5) is 5.82 Å². The zero-order valence-corrected chi connectivity index (χ0v) is 18.2. The maximum atomic E-state index is 12.7. The van der Waals surface area contributed by atoms with Crippen molar-refractivity contribution in [3.05, 3.63) is 67.0 Å². The molecule has 2 heterocycles. The van der Waals surface area contributed by atoms with Gasteiger partial charge >= 0.3 is 0 Å². The molecule has 8 nitrogen and oxygen atoms in total. The Labute approximate surface area is 187 Å². The molecule has 2 aromatic carbocycles. The standard InChI is InChI=1S/C24H26N4O4/c1-18-15-27(12-13-28(18)24(29)16-31-20-6-4-3-5-7-20)22-14-23(26-17-25-22)32-21-10-8-19(30-2)9-11-21/h3-11,14,17-18H,12-13,15-16H2,1-2H3/t18-/m0/s1. The summed E-state index contributed by atoms with van der Waals surface area (Å²) in [5, 5.41) is 0. The van der Waals surface area contributed by atoms with E-state index in [1.807, 2.05) is 72.5 Å². The molecule has 1 fully saturated rings. The van der Waals surface area contributed by atoms with E-state index in [1.54, 1.807) is 7.11 Å². The number of hydrogen-bond donors (Lipinski definition) is 0. The van der Waals surface area contributed by atoms with E-state index >= 15 is 0 Å². The highest BCUT2D eigenvalue weighted by Crippen LogP contribution is 2.25. The summed E-state index contributed by atoms with van der Waals surface area (Å²) in [6.07, 6.45) is 1.49. The van der Waals surface area contributed by atoms with Gasteiger partial charge in [-0.25, -0.2) is 9.97 Å². The largest absolute Gasteiger partial charge is 0.497 e. The molecular formula is C24H26N4O4. The van der Waals surface area contributed by atoms with Gasteiger partial charge in [-0.1, -0.05) is 18.2 Å². The van der Waals surface area contributed by atoms with E-state index in [4.69, 9.17) is 14.2 Å². The fraction of sp³-hybridized carbons (Fsp3) is 0.292. The van der Waals surface area contributed by atoms with Gasteiger partial charge < -0.3 is 24.0 Å². The number of benzene rings is 2. The van der Waals surface area contributed by atoms with Crippen LogP contribution in [0.1, 0.15) is 6.92 Å². The number of piperazine rings is 1. The maximum Gasteiger partial charge on any atom is 0.260 e. The van der Waals surface area contributed by atoms with Crippen LogP contribution in [0.5, 0.6) is 23.1 Å². The normalized spacial score (nSPS) is 15.9. The molecule has 1 saturated heterocycles. The average molecular weight is 434 g/mol. The van der Waals surface area contributed by atoms with Crippen LogP contribution in [0.2, 0.25) is 0 Å². The summed E-state index contributed by atoms with van der Waals surface area (Å²) in [4.78, 5) is 25.3. The van der Waals surface area contributed by atoms with Crippen molar-refractivity contribution in [1.82, 2.24) is 14.9 Å². The monoisotopic (exact) mass is 434 g/mol. The summed E-state index contributed by atoms with van der Waals surface area (Å²) in [6, 6.07) is 18.5. The Hall–Kier alpha value is -3.81. The quantitative estimate of drug-likeness (QED) is 0.564. The second-order valence-electron chi connectivity index (χ2n) is 7.48. The highest BCUT2D eigenvalue weighted by molar-refractivity contribution is 5.78. The minimum atomic E-state index is -0.0211. The van der Waals surface area contributed by atoms with Crippen molar-refractivity contribution in [3.63, 3.8) is 0 Å². The average Bonchev–Trinajstić information content (AvgIpc) is 2.84. The van der Waals surface area contributed by atoms with Crippen molar-refractivity contribution in [2.75, 3.05) is 38.3 Å². The number of para-hydroxylation sites is 1. The van der Waals surface area contributed by atoms with Gasteiger partial charge in [0.25, 0.3) is 5.91 Å². The molecule has 0 saturated carbocycles. The van der Waals surface area contributed by atoms with Gasteiger partial charge in [-0.15, -0.1) is 0 Å². The summed E-state index contributed by atoms with van der Waals surface area (Å²) in [5.41, 5.74) is 0. The molecule has 8 heteroatoms. The van der Waals surface area contributed by atoms with E-state index in [0.29, 0.717) is 37.0 Å². The molecule has 0 N–H and O–H groups in total. The van der Waals surface area contributed by atoms with E-state index in [1.165, 1.54) is 6.33 Å². The third kappa shape index (κ3) is 5.26. The SMILES string of the molecule is COc1ccc(Oc2cc(N3CCN(C(=O)COc4ccccc4)[C@@H](C)C3)ncn2)cc1. The number of anilines is 1. The lowest BCUT2D eigenvalue weighted by Gasteiger charge is -2.40. The Kier molecular flexibility index (Phi) is 6.69. The Bertz CT molecular complexity index is 1030. The Morgan fingerprint density at radius 2 is 1.75 bits per heavy atom. The number of ether oxygens (including phenoxy) is 3. The molecule has 3 aromatic rings. The number of aromatic nitrogens is 2. The minimum Gasteiger partial charge on any atom is -0.497 e.